The minimum absolute atomic E-state index is 0.599. The van der Waals surface area contributed by atoms with Gasteiger partial charge in [0.2, 0.25) is 0 Å². The van der Waals surface area contributed by atoms with Crippen LogP contribution in [0.1, 0.15) is 5.56 Å². The highest BCUT2D eigenvalue weighted by atomic mass is 19.2. The third-order valence-corrected chi connectivity index (χ3v) is 2.93. The lowest BCUT2D eigenvalue weighted by Gasteiger charge is -2.34. The molecule has 0 aromatic heterocycles. The molecule has 20 heavy (non-hydrogen) atoms. The molecule has 2 rings (SSSR count). The van der Waals surface area contributed by atoms with Gasteiger partial charge in [0.1, 0.15) is 6.10 Å². The molecule has 0 saturated carbocycles. The number of halogens is 6. The molecule has 2 N–H and O–H groups in total. The molecule has 1 aliphatic rings. The van der Waals surface area contributed by atoms with Crippen LogP contribution in [0.25, 0.3) is 0 Å². The zero-order valence-electron chi connectivity index (χ0n) is 9.47. The van der Waals surface area contributed by atoms with Gasteiger partial charge < -0.3 is 10.2 Å². The minimum Gasteiger partial charge on any atom is -0.382 e. The molecule has 0 heterocycles. The topological polar surface area (TPSA) is 40.5 Å². The number of allylic oxidation sites excluding steroid dienone is 2. The molecule has 0 spiro atoms. The summed E-state index contributed by atoms with van der Waals surface area (Å²) in [4.78, 5) is 0. The molecule has 0 bridgehead atoms. The van der Waals surface area contributed by atoms with Gasteiger partial charge in [0.25, 0.3) is 0 Å². The molecular weight excluding hydrogens is 290 g/mol. The number of aliphatic hydroxyl groups excluding tert-OH is 1. The Morgan fingerprint density at radius 2 is 1.55 bits per heavy atom. The quantitative estimate of drug-likeness (QED) is 0.782. The highest BCUT2D eigenvalue weighted by molar-refractivity contribution is 5.45. The van der Waals surface area contributed by atoms with Crippen molar-refractivity contribution >= 4 is 0 Å². The fourth-order valence-electron chi connectivity index (χ4n) is 1.86. The van der Waals surface area contributed by atoms with E-state index in [1.807, 2.05) is 0 Å². The first kappa shape index (κ1) is 14.6. The Kier molecular flexibility index (Phi) is 3.39. The predicted octanol–water partition coefficient (Wildman–Crippen LogP) is 2.83. The summed E-state index contributed by atoms with van der Waals surface area (Å²) in [5.74, 6) is -12.7. The maximum atomic E-state index is 13.7. The highest BCUT2D eigenvalue weighted by Crippen LogP contribution is 2.46. The fourth-order valence-corrected chi connectivity index (χ4v) is 1.86. The Bertz CT molecular complexity index is 639. The maximum Gasteiger partial charge on any atom is 0.196 e. The van der Waals surface area contributed by atoms with Crippen LogP contribution in [0.15, 0.2) is 41.5 Å². The van der Waals surface area contributed by atoms with Crippen LogP contribution in [-0.2, 0) is 5.60 Å². The largest absolute Gasteiger partial charge is 0.382 e. The standard InChI is InChI=1S/C12H6F6O2/c13-5-3-1-2-4(6(5)14)12(20)10(18)8(16)7(15)9(17)11(12)19/h1-3,11,19-20H. The van der Waals surface area contributed by atoms with Crippen molar-refractivity contribution in [3.8, 4) is 0 Å². The first-order valence-electron chi connectivity index (χ1n) is 5.19. The second-order valence-corrected chi connectivity index (χ2v) is 4.06. The van der Waals surface area contributed by atoms with Crippen molar-refractivity contribution in [1.29, 1.82) is 0 Å². The number of hydrogen-bond donors (Lipinski definition) is 2. The summed E-state index contributed by atoms with van der Waals surface area (Å²) in [5, 5.41) is 19.2. The van der Waals surface area contributed by atoms with E-state index in [4.69, 9.17) is 0 Å². The average Bonchev–Trinajstić information content (AvgIpc) is 2.44. The zero-order chi connectivity index (χ0) is 15.2. The van der Waals surface area contributed by atoms with E-state index in [1.54, 1.807) is 0 Å². The van der Waals surface area contributed by atoms with Gasteiger partial charge in [-0.1, -0.05) is 12.1 Å². The Hall–Kier alpha value is -1.80. The first-order chi connectivity index (χ1) is 9.22. The maximum absolute atomic E-state index is 13.7. The third-order valence-electron chi connectivity index (χ3n) is 2.93. The minimum atomic E-state index is -3.60. The van der Waals surface area contributed by atoms with E-state index in [0.29, 0.717) is 12.1 Å². The lowest BCUT2D eigenvalue weighted by atomic mass is 9.82. The first-order valence-corrected chi connectivity index (χ1v) is 5.19. The highest BCUT2D eigenvalue weighted by Gasteiger charge is 2.53. The van der Waals surface area contributed by atoms with Crippen LogP contribution in [0.2, 0.25) is 0 Å². The van der Waals surface area contributed by atoms with Crippen molar-refractivity contribution in [3.63, 3.8) is 0 Å². The molecular formula is C12H6F6O2. The van der Waals surface area contributed by atoms with Crippen molar-refractivity contribution in [1.82, 2.24) is 0 Å². The molecule has 0 radical (unpaired) electrons. The molecule has 0 aliphatic heterocycles. The zero-order valence-corrected chi connectivity index (χ0v) is 9.47. The van der Waals surface area contributed by atoms with E-state index in [2.05, 4.69) is 0 Å². The van der Waals surface area contributed by atoms with E-state index >= 15 is 0 Å². The number of aliphatic hydroxyl groups is 2. The average molecular weight is 296 g/mol. The summed E-state index contributed by atoms with van der Waals surface area (Å²) in [7, 11) is 0. The predicted molar refractivity (Wildman–Crippen MR) is 54.7 cm³/mol. The SMILES string of the molecule is OC1C(F)=C(F)C(F)=C(F)C1(O)c1cccc(F)c1F. The van der Waals surface area contributed by atoms with Gasteiger partial charge in [-0.2, -0.15) is 0 Å². The fraction of sp³-hybridized carbons (Fsp3) is 0.167. The van der Waals surface area contributed by atoms with Crippen molar-refractivity contribution in [2.75, 3.05) is 0 Å². The lowest BCUT2D eigenvalue weighted by molar-refractivity contribution is -0.0675. The molecule has 1 aromatic carbocycles. The van der Waals surface area contributed by atoms with Gasteiger partial charge in [-0.05, 0) is 6.07 Å². The summed E-state index contributed by atoms with van der Waals surface area (Å²) in [6.45, 7) is 0. The number of hydrogen-bond acceptors (Lipinski definition) is 2. The lowest BCUT2D eigenvalue weighted by Crippen LogP contribution is -2.44. The van der Waals surface area contributed by atoms with Gasteiger partial charge in [-0.3, -0.25) is 0 Å². The molecule has 0 amide bonds. The summed E-state index contributed by atoms with van der Waals surface area (Å²) < 4.78 is 79.6. The number of benzene rings is 1. The van der Waals surface area contributed by atoms with Crippen LogP contribution in [0, 0.1) is 11.6 Å². The van der Waals surface area contributed by atoms with Gasteiger partial charge in [0, 0.05) is 5.56 Å². The van der Waals surface area contributed by atoms with Crippen LogP contribution >= 0.6 is 0 Å². The Morgan fingerprint density at radius 1 is 0.950 bits per heavy atom. The summed E-state index contributed by atoms with van der Waals surface area (Å²) in [6.07, 6.45) is -2.96. The van der Waals surface area contributed by atoms with Crippen LogP contribution in [-0.4, -0.2) is 16.3 Å². The molecule has 2 unspecified atom stereocenters. The van der Waals surface area contributed by atoms with Crippen LogP contribution in [0.5, 0.6) is 0 Å². The molecule has 1 aliphatic carbocycles. The summed E-state index contributed by atoms with van der Waals surface area (Å²) in [6, 6.07) is 2.02. The monoisotopic (exact) mass is 296 g/mol. The molecule has 2 nitrogen and oxygen atoms in total. The molecule has 0 fully saturated rings. The van der Waals surface area contributed by atoms with Gasteiger partial charge in [-0.15, -0.1) is 0 Å². The van der Waals surface area contributed by atoms with E-state index in [9.17, 15) is 36.6 Å². The molecule has 2 atom stereocenters. The van der Waals surface area contributed by atoms with E-state index in [1.165, 1.54) is 0 Å². The smallest absolute Gasteiger partial charge is 0.196 e. The van der Waals surface area contributed by atoms with Gasteiger partial charge in [0.05, 0.1) is 0 Å². The van der Waals surface area contributed by atoms with Gasteiger partial charge >= 0.3 is 0 Å². The Labute approximate surface area is 108 Å². The Morgan fingerprint density at radius 3 is 2.15 bits per heavy atom. The normalized spacial score (nSPS) is 27.3. The van der Waals surface area contributed by atoms with Gasteiger partial charge in [-0.25, -0.2) is 26.3 Å². The number of rotatable bonds is 1. The van der Waals surface area contributed by atoms with Crippen LogP contribution in [0.3, 0.4) is 0 Å². The van der Waals surface area contributed by atoms with Crippen molar-refractivity contribution < 1.29 is 36.6 Å². The van der Waals surface area contributed by atoms with Crippen molar-refractivity contribution in [2.24, 2.45) is 0 Å². The molecule has 0 saturated heterocycles. The molecule has 8 heteroatoms. The summed E-state index contributed by atoms with van der Waals surface area (Å²) >= 11 is 0. The summed E-state index contributed by atoms with van der Waals surface area (Å²) in [5.41, 5.74) is -4.86. The van der Waals surface area contributed by atoms with Crippen molar-refractivity contribution in [3.05, 3.63) is 58.7 Å². The molecule has 108 valence electrons. The second-order valence-electron chi connectivity index (χ2n) is 4.06. The third kappa shape index (κ3) is 1.75. The van der Waals surface area contributed by atoms with E-state index in [0.717, 1.165) is 6.07 Å². The van der Waals surface area contributed by atoms with E-state index < -0.39 is 52.2 Å². The van der Waals surface area contributed by atoms with E-state index in [-0.39, 0.29) is 0 Å². The van der Waals surface area contributed by atoms with Crippen molar-refractivity contribution in [2.45, 2.75) is 11.7 Å². The Balaban J connectivity index is 2.75. The van der Waals surface area contributed by atoms with Crippen LogP contribution < -0.4 is 0 Å². The second kappa shape index (κ2) is 4.64. The van der Waals surface area contributed by atoms with Crippen LogP contribution in [0.4, 0.5) is 26.3 Å². The van der Waals surface area contributed by atoms with Gasteiger partial charge in [0.15, 0.2) is 40.5 Å². The molecule has 1 aromatic rings.